The average molecular weight is 111 g/mol. The van der Waals surface area contributed by atoms with Crippen molar-refractivity contribution in [3.63, 3.8) is 0 Å². The first-order valence-electron chi connectivity index (χ1n) is 1.64. The summed E-state index contributed by atoms with van der Waals surface area (Å²) in [6, 6.07) is 0. The molecule has 0 aromatic carbocycles. The Kier molecular flexibility index (Phi) is 3.35. The van der Waals surface area contributed by atoms with Crippen LogP contribution in [0.2, 0.25) is 0 Å². The second-order valence-electron chi connectivity index (χ2n) is 0.921. The van der Waals surface area contributed by atoms with Gasteiger partial charge >= 0.3 is 0 Å². The molecule has 0 fully saturated rings. The molecular weight excluding hydrogens is 102 g/mol. The largest absolute Gasteiger partial charge is 0.0967 e. The van der Waals surface area contributed by atoms with Crippen molar-refractivity contribution in [1.29, 1.82) is 0 Å². The minimum absolute atomic E-state index is 0.126. The first-order chi connectivity index (χ1) is 2.27. The minimum Gasteiger partial charge on any atom is -0.0967 e. The maximum Gasteiger partial charge on any atom is -0.0132 e. The molecule has 0 saturated heterocycles. The Morgan fingerprint density at radius 1 is 1.80 bits per heavy atom. The Bertz CT molecular complexity index is 20.9. The lowest BCUT2D eigenvalue weighted by Gasteiger charge is -1.88. The zero-order valence-electron chi connectivity index (χ0n) is 3.53. The van der Waals surface area contributed by atoms with Crippen molar-refractivity contribution < 1.29 is 0 Å². The predicted molar refractivity (Wildman–Crippen MR) is 29.2 cm³/mol. The lowest BCUT2D eigenvalue weighted by atomic mass is 11.0. The van der Waals surface area contributed by atoms with Crippen molar-refractivity contribution in [2.24, 2.45) is 0 Å². The number of hydrogen-bond donors (Lipinski definition) is 0. The first kappa shape index (κ1) is 5.72. The molecule has 0 nitrogen and oxygen atoms in total. The summed E-state index contributed by atoms with van der Waals surface area (Å²) in [5.41, 5.74) is 0. The van der Waals surface area contributed by atoms with E-state index in [4.69, 9.17) is 11.2 Å². The van der Waals surface area contributed by atoms with E-state index in [1.165, 1.54) is 0 Å². The highest BCUT2D eigenvalue weighted by atomic mass is 35.7. The van der Waals surface area contributed by atoms with Gasteiger partial charge in [-0.15, -0.1) is 0 Å². The maximum atomic E-state index is 5.53. The van der Waals surface area contributed by atoms with E-state index < -0.39 is 0 Å². The number of hydrogen-bond acceptors (Lipinski definition) is 0. The second kappa shape index (κ2) is 2.93. The van der Waals surface area contributed by atoms with Gasteiger partial charge in [-0.2, -0.15) is 0 Å². The molecule has 0 heterocycles. The summed E-state index contributed by atoms with van der Waals surface area (Å²) < 4.78 is 0. The summed E-state index contributed by atoms with van der Waals surface area (Å²) in [6.45, 7) is 4.15. The van der Waals surface area contributed by atoms with Crippen LogP contribution in [0.5, 0.6) is 0 Å². The highest BCUT2D eigenvalue weighted by molar-refractivity contribution is 7.83. The third-order valence-corrected chi connectivity index (χ3v) is 2.02. The molecule has 1 atom stereocenters. The Hall–Kier alpha value is 0.720. The fourth-order valence-electron chi connectivity index (χ4n) is 0. The molecule has 5 heavy (non-hydrogen) atoms. The zero-order valence-corrected chi connectivity index (χ0v) is 5.18. The van der Waals surface area contributed by atoms with E-state index in [1.807, 2.05) is 0 Å². The third-order valence-electron chi connectivity index (χ3n) is 0.436. The molecule has 0 aliphatic carbocycles. The van der Waals surface area contributed by atoms with Crippen molar-refractivity contribution in [3.8, 4) is 0 Å². The van der Waals surface area contributed by atoms with Crippen LogP contribution in [0.4, 0.5) is 0 Å². The normalized spacial score (nSPS) is 15.0. The van der Waals surface area contributed by atoms with Gasteiger partial charge in [-0.3, -0.25) is 0 Å². The van der Waals surface area contributed by atoms with E-state index in [0.717, 1.165) is 6.16 Å². The van der Waals surface area contributed by atoms with Gasteiger partial charge in [0.1, 0.15) is 0 Å². The van der Waals surface area contributed by atoms with Gasteiger partial charge in [0.2, 0.25) is 0 Å². The highest BCUT2D eigenvalue weighted by Gasteiger charge is 1.82. The van der Waals surface area contributed by atoms with Crippen molar-refractivity contribution in [2.45, 2.75) is 6.92 Å². The van der Waals surface area contributed by atoms with Gasteiger partial charge in [0.25, 0.3) is 0 Å². The molecule has 0 aliphatic heterocycles. The summed E-state index contributed by atoms with van der Waals surface area (Å²) in [6.07, 6.45) is 1.14. The third kappa shape index (κ3) is 4.72. The van der Waals surface area contributed by atoms with Crippen LogP contribution in [0, 0.1) is 0 Å². The van der Waals surface area contributed by atoms with Crippen LogP contribution < -0.4 is 0 Å². The molecule has 0 amide bonds. The second-order valence-corrected chi connectivity index (χ2v) is 4.49. The molecule has 1 unspecified atom stereocenters. The van der Waals surface area contributed by atoms with Crippen LogP contribution in [-0.4, -0.2) is 12.8 Å². The summed E-state index contributed by atoms with van der Waals surface area (Å²) in [4.78, 5) is 0. The predicted octanol–water partition coefficient (Wildman–Crippen LogP) is 2.27. The van der Waals surface area contributed by atoms with Gasteiger partial charge in [-0.25, -0.2) is 0 Å². The lowest BCUT2D eigenvalue weighted by Crippen LogP contribution is -1.57. The molecule has 0 bridgehead atoms. The summed E-state index contributed by atoms with van der Waals surface area (Å²) in [5, 5.41) is 0. The van der Waals surface area contributed by atoms with Gasteiger partial charge in [0.05, 0.1) is 0 Å². The van der Waals surface area contributed by atoms with E-state index in [1.54, 1.807) is 0 Å². The Morgan fingerprint density at radius 3 is 2.00 bits per heavy atom. The van der Waals surface area contributed by atoms with Gasteiger partial charge in [-0.05, 0) is 20.1 Å². The van der Waals surface area contributed by atoms with E-state index in [9.17, 15) is 0 Å². The van der Waals surface area contributed by atoms with E-state index in [-0.39, 0.29) is 7.27 Å². The van der Waals surface area contributed by atoms with E-state index >= 15 is 0 Å². The van der Waals surface area contributed by atoms with Crippen LogP contribution in [0.3, 0.4) is 0 Å². The summed E-state index contributed by atoms with van der Waals surface area (Å²) in [5.74, 6) is 0. The van der Waals surface area contributed by atoms with Crippen LogP contribution in [0.15, 0.2) is 0 Å². The quantitative estimate of drug-likeness (QED) is 0.454. The molecular formula is C3H8ClP. The fourth-order valence-corrected chi connectivity index (χ4v) is 0. The van der Waals surface area contributed by atoms with Crippen molar-refractivity contribution in [1.82, 2.24) is 0 Å². The molecule has 0 aromatic rings. The van der Waals surface area contributed by atoms with Crippen molar-refractivity contribution in [2.75, 3.05) is 12.8 Å². The Morgan fingerprint density at radius 2 is 2.00 bits per heavy atom. The molecule has 0 aromatic heterocycles. The van der Waals surface area contributed by atoms with Crippen LogP contribution in [-0.2, 0) is 0 Å². The smallest absolute Gasteiger partial charge is 0.0132 e. The molecule has 0 aliphatic rings. The average Bonchev–Trinajstić information content (AvgIpc) is 1.38. The van der Waals surface area contributed by atoms with Gasteiger partial charge in [0.15, 0.2) is 0 Å². The summed E-state index contributed by atoms with van der Waals surface area (Å²) in [7, 11) is -0.126. The monoisotopic (exact) mass is 110 g/mol. The Labute approximate surface area is 39.1 Å². The van der Waals surface area contributed by atoms with Crippen LogP contribution >= 0.6 is 18.5 Å². The highest BCUT2D eigenvalue weighted by Crippen LogP contribution is 2.34. The molecule has 32 valence electrons. The number of rotatable bonds is 1. The number of halogens is 1. The van der Waals surface area contributed by atoms with Gasteiger partial charge < -0.3 is 0 Å². The molecule has 0 radical (unpaired) electrons. The van der Waals surface area contributed by atoms with E-state index in [0.29, 0.717) is 0 Å². The van der Waals surface area contributed by atoms with Crippen LogP contribution in [0.1, 0.15) is 6.92 Å². The lowest BCUT2D eigenvalue weighted by molar-refractivity contribution is 1.51. The molecule has 2 heteroatoms. The zero-order chi connectivity index (χ0) is 4.28. The van der Waals surface area contributed by atoms with Crippen molar-refractivity contribution >= 4 is 18.5 Å². The molecule has 0 spiro atoms. The first-order valence-corrected chi connectivity index (χ1v) is 4.52. The molecule has 0 N–H and O–H groups in total. The molecule has 0 rings (SSSR count). The van der Waals surface area contributed by atoms with E-state index in [2.05, 4.69) is 13.6 Å². The Balaban J connectivity index is 2.54. The minimum atomic E-state index is -0.126. The topological polar surface area (TPSA) is 0 Å². The van der Waals surface area contributed by atoms with Gasteiger partial charge in [0, 0.05) is 0 Å². The molecule has 0 saturated carbocycles. The SMILES string of the molecule is CCP(C)Cl. The van der Waals surface area contributed by atoms with Crippen molar-refractivity contribution in [3.05, 3.63) is 0 Å². The fraction of sp³-hybridized carbons (Fsp3) is 1.00. The summed E-state index contributed by atoms with van der Waals surface area (Å²) >= 11 is 5.53. The van der Waals surface area contributed by atoms with Gasteiger partial charge in [-0.1, -0.05) is 18.2 Å². The maximum absolute atomic E-state index is 5.53. The van der Waals surface area contributed by atoms with Crippen LogP contribution in [0.25, 0.3) is 0 Å². The standard InChI is InChI=1S/C3H8ClP/c1-3-5(2)4/h3H2,1-2H3.